The Morgan fingerprint density at radius 1 is 0.941 bits per heavy atom. The van der Waals surface area contributed by atoms with Crippen molar-refractivity contribution in [1.82, 2.24) is 4.90 Å². The van der Waals surface area contributed by atoms with E-state index in [1.165, 1.54) is 0 Å². The van der Waals surface area contributed by atoms with Crippen molar-refractivity contribution >= 4 is 11.8 Å². The predicted molar refractivity (Wildman–Crippen MR) is 60.0 cm³/mol. The van der Waals surface area contributed by atoms with Crippen molar-refractivity contribution in [3.05, 3.63) is 23.3 Å². The fraction of sp³-hybridized carbons (Fsp3) is 0.333. The molecule has 0 saturated heterocycles. The van der Waals surface area contributed by atoms with Gasteiger partial charge < -0.3 is 10.2 Å². The summed E-state index contributed by atoms with van der Waals surface area (Å²) in [5.41, 5.74) is -0.390. The summed E-state index contributed by atoms with van der Waals surface area (Å²) in [5.74, 6) is -1.71. The Balaban J connectivity index is 2.61. The van der Waals surface area contributed by atoms with Crippen LogP contribution in [0.15, 0.2) is 12.1 Å². The Bertz CT molecular complexity index is 487. The molecule has 0 unspecified atom stereocenters. The maximum absolute atomic E-state index is 12.0. The molecule has 17 heavy (non-hydrogen) atoms. The molecule has 1 aliphatic heterocycles. The highest BCUT2D eigenvalue weighted by Crippen LogP contribution is 2.35. The lowest BCUT2D eigenvalue weighted by molar-refractivity contribution is 0.0507. The number of benzene rings is 1. The Hall–Kier alpha value is -2.04. The smallest absolute Gasteiger partial charge is 0.262 e. The summed E-state index contributed by atoms with van der Waals surface area (Å²) < 4.78 is 0. The van der Waals surface area contributed by atoms with Gasteiger partial charge in [-0.05, 0) is 32.9 Å². The van der Waals surface area contributed by atoms with E-state index in [2.05, 4.69) is 0 Å². The van der Waals surface area contributed by atoms with Crippen LogP contribution in [0.2, 0.25) is 0 Å². The van der Waals surface area contributed by atoms with Crippen LogP contribution in [0.4, 0.5) is 0 Å². The first-order valence-corrected chi connectivity index (χ1v) is 5.18. The second-order valence-electron chi connectivity index (χ2n) is 5.00. The summed E-state index contributed by atoms with van der Waals surface area (Å²) in [7, 11) is 0. The molecule has 2 amide bonds. The fourth-order valence-corrected chi connectivity index (χ4v) is 1.87. The van der Waals surface area contributed by atoms with Crippen LogP contribution in [0.5, 0.6) is 11.5 Å². The number of imide groups is 1. The van der Waals surface area contributed by atoms with Gasteiger partial charge in [-0.15, -0.1) is 0 Å². The molecule has 0 radical (unpaired) electrons. The highest BCUT2D eigenvalue weighted by molar-refractivity contribution is 6.22. The van der Waals surface area contributed by atoms with Crippen molar-refractivity contribution in [3.8, 4) is 11.5 Å². The minimum absolute atomic E-state index is 0.125. The fourth-order valence-electron chi connectivity index (χ4n) is 1.87. The minimum atomic E-state index is -0.640. The number of aromatic hydroxyl groups is 2. The molecule has 0 spiro atoms. The van der Waals surface area contributed by atoms with Gasteiger partial charge in [0, 0.05) is 5.54 Å². The van der Waals surface area contributed by atoms with Crippen LogP contribution in [-0.4, -0.2) is 32.5 Å². The molecule has 1 aromatic carbocycles. The summed E-state index contributed by atoms with van der Waals surface area (Å²) in [4.78, 5) is 25.2. The number of carbonyl (C=O) groups is 2. The number of rotatable bonds is 0. The van der Waals surface area contributed by atoms with E-state index < -0.39 is 28.9 Å². The molecule has 0 aromatic heterocycles. The van der Waals surface area contributed by atoms with Gasteiger partial charge in [0.2, 0.25) is 0 Å². The number of nitrogens with zero attached hydrogens (tertiary/aromatic N) is 1. The zero-order chi connectivity index (χ0) is 13.0. The van der Waals surface area contributed by atoms with Crippen LogP contribution in [0.25, 0.3) is 0 Å². The van der Waals surface area contributed by atoms with Crippen molar-refractivity contribution < 1.29 is 19.8 Å². The van der Waals surface area contributed by atoms with E-state index in [1.54, 1.807) is 20.8 Å². The first-order valence-electron chi connectivity index (χ1n) is 5.18. The van der Waals surface area contributed by atoms with Gasteiger partial charge in [0.15, 0.2) is 11.5 Å². The Morgan fingerprint density at radius 2 is 1.29 bits per heavy atom. The highest BCUT2D eigenvalue weighted by atomic mass is 16.3. The average molecular weight is 235 g/mol. The lowest BCUT2D eigenvalue weighted by Gasteiger charge is -2.29. The maximum atomic E-state index is 12.0. The van der Waals surface area contributed by atoms with Gasteiger partial charge in [0.05, 0.1) is 11.1 Å². The highest BCUT2D eigenvalue weighted by Gasteiger charge is 2.42. The number of fused-ring (bicyclic) bond motifs is 1. The molecule has 1 aliphatic rings. The van der Waals surface area contributed by atoms with Gasteiger partial charge in [0.25, 0.3) is 11.8 Å². The molecule has 2 N–H and O–H groups in total. The van der Waals surface area contributed by atoms with Crippen LogP contribution in [-0.2, 0) is 0 Å². The Morgan fingerprint density at radius 3 is 1.59 bits per heavy atom. The molecule has 2 rings (SSSR count). The second kappa shape index (κ2) is 3.23. The van der Waals surface area contributed by atoms with E-state index in [0.29, 0.717) is 0 Å². The molecule has 0 saturated carbocycles. The van der Waals surface area contributed by atoms with Crippen LogP contribution < -0.4 is 0 Å². The predicted octanol–water partition coefficient (Wildman–Crippen LogP) is 1.49. The lowest BCUT2D eigenvalue weighted by Crippen LogP contribution is -2.45. The Labute approximate surface area is 98.3 Å². The van der Waals surface area contributed by atoms with Crippen molar-refractivity contribution in [2.75, 3.05) is 0 Å². The third kappa shape index (κ3) is 1.54. The van der Waals surface area contributed by atoms with Crippen molar-refractivity contribution in [1.29, 1.82) is 0 Å². The summed E-state index contributed by atoms with van der Waals surface area (Å²) in [5, 5.41) is 18.7. The van der Waals surface area contributed by atoms with Gasteiger partial charge in [-0.3, -0.25) is 14.5 Å². The van der Waals surface area contributed by atoms with E-state index in [0.717, 1.165) is 17.0 Å². The first kappa shape index (κ1) is 11.4. The average Bonchev–Trinajstić information content (AvgIpc) is 2.40. The van der Waals surface area contributed by atoms with Gasteiger partial charge in [-0.1, -0.05) is 0 Å². The SMILES string of the molecule is CC(C)(C)N1C(=O)c2cc(O)c(O)cc2C1=O. The molecule has 0 aliphatic carbocycles. The molecular formula is C12H13NO4. The maximum Gasteiger partial charge on any atom is 0.262 e. The lowest BCUT2D eigenvalue weighted by atomic mass is 10.1. The largest absolute Gasteiger partial charge is 0.504 e. The molecule has 1 aromatic rings. The van der Waals surface area contributed by atoms with Crippen molar-refractivity contribution in [2.24, 2.45) is 0 Å². The number of hydrogen-bond acceptors (Lipinski definition) is 4. The van der Waals surface area contributed by atoms with Crippen molar-refractivity contribution in [2.45, 2.75) is 26.3 Å². The molecule has 0 fully saturated rings. The Kier molecular flexibility index (Phi) is 2.17. The van der Waals surface area contributed by atoms with Crippen molar-refractivity contribution in [3.63, 3.8) is 0 Å². The standard InChI is InChI=1S/C12H13NO4/c1-12(2,3)13-10(16)6-4-8(14)9(15)5-7(6)11(13)17/h4-5,14-15H,1-3H3. The van der Waals surface area contributed by atoms with Crippen LogP contribution in [0, 0.1) is 0 Å². The third-order valence-corrected chi connectivity index (χ3v) is 2.65. The summed E-state index contributed by atoms with van der Waals surface area (Å²) in [6.07, 6.45) is 0. The summed E-state index contributed by atoms with van der Waals surface area (Å²) >= 11 is 0. The molecule has 1 heterocycles. The van der Waals surface area contributed by atoms with Gasteiger partial charge >= 0.3 is 0 Å². The van der Waals surface area contributed by atoms with Gasteiger partial charge in [-0.25, -0.2) is 0 Å². The molecule has 5 heteroatoms. The molecule has 5 nitrogen and oxygen atoms in total. The van der Waals surface area contributed by atoms with Crippen LogP contribution >= 0.6 is 0 Å². The zero-order valence-electron chi connectivity index (χ0n) is 9.81. The van der Waals surface area contributed by atoms with E-state index in [-0.39, 0.29) is 11.1 Å². The quantitative estimate of drug-likeness (QED) is 0.527. The number of hydrogen-bond donors (Lipinski definition) is 2. The van der Waals surface area contributed by atoms with E-state index in [1.807, 2.05) is 0 Å². The second-order valence-corrected chi connectivity index (χ2v) is 5.00. The third-order valence-electron chi connectivity index (χ3n) is 2.65. The van der Waals surface area contributed by atoms with Crippen LogP contribution in [0.1, 0.15) is 41.5 Å². The van der Waals surface area contributed by atoms with E-state index >= 15 is 0 Å². The molecule has 90 valence electrons. The summed E-state index contributed by atoms with van der Waals surface area (Å²) in [6, 6.07) is 2.24. The van der Waals surface area contributed by atoms with E-state index in [4.69, 9.17) is 0 Å². The summed E-state index contributed by atoms with van der Waals surface area (Å²) in [6.45, 7) is 5.23. The van der Waals surface area contributed by atoms with Gasteiger partial charge in [-0.2, -0.15) is 0 Å². The van der Waals surface area contributed by atoms with Gasteiger partial charge in [0.1, 0.15) is 0 Å². The van der Waals surface area contributed by atoms with E-state index in [9.17, 15) is 19.8 Å². The number of phenolic OH excluding ortho intramolecular Hbond substituents is 2. The molecular weight excluding hydrogens is 222 g/mol. The number of amides is 2. The number of phenols is 2. The number of carbonyl (C=O) groups excluding carboxylic acids is 2. The monoisotopic (exact) mass is 235 g/mol. The minimum Gasteiger partial charge on any atom is -0.504 e. The first-order chi connectivity index (χ1) is 7.73. The van der Waals surface area contributed by atoms with Crippen LogP contribution in [0.3, 0.4) is 0 Å². The molecule has 0 atom stereocenters. The molecule has 0 bridgehead atoms. The topological polar surface area (TPSA) is 77.8 Å². The zero-order valence-corrected chi connectivity index (χ0v) is 9.81. The normalized spacial score (nSPS) is 15.4.